The molecule has 0 saturated carbocycles. The fourth-order valence-corrected chi connectivity index (χ4v) is 4.74. The SMILES string of the molecule is COc1cc(NC2CCCc3sc(I)cc32)ccc1F. The van der Waals surface area contributed by atoms with Crippen LogP contribution in [0.2, 0.25) is 0 Å². The van der Waals surface area contributed by atoms with Gasteiger partial charge in [-0.1, -0.05) is 0 Å². The summed E-state index contributed by atoms with van der Waals surface area (Å²) in [6.45, 7) is 0. The van der Waals surface area contributed by atoms with E-state index in [9.17, 15) is 4.39 Å². The largest absolute Gasteiger partial charge is 0.494 e. The number of aryl methyl sites for hydroxylation is 1. The van der Waals surface area contributed by atoms with Crippen LogP contribution in [0.15, 0.2) is 24.3 Å². The summed E-state index contributed by atoms with van der Waals surface area (Å²) in [6, 6.07) is 7.51. The molecule has 1 atom stereocenters. The van der Waals surface area contributed by atoms with Crippen LogP contribution in [0, 0.1) is 8.70 Å². The number of nitrogens with one attached hydrogen (secondary N) is 1. The number of hydrogen-bond acceptors (Lipinski definition) is 3. The highest BCUT2D eigenvalue weighted by Crippen LogP contribution is 2.38. The van der Waals surface area contributed by atoms with Gasteiger partial charge in [0.25, 0.3) is 0 Å². The molecule has 1 aromatic carbocycles. The van der Waals surface area contributed by atoms with Crippen molar-refractivity contribution < 1.29 is 9.13 Å². The Hall–Kier alpha value is -0.820. The first kappa shape index (κ1) is 14.1. The summed E-state index contributed by atoms with van der Waals surface area (Å²) in [5.41, 5.74) is 2.30. The number of methoxy groups -OCH3 is 1. The van der Waals surface area contributed by atoms with Gasteiger partial charge >= 0.3 is 0 Å². The fourth-order valence-electron chi connectivity index (χ4n) is 2.62. The molecule has 2 nitrogen and oxygen atoms in total. The molecule has 0 bridgehead atoms. The van der Waals surface area contributed by atoms with E-state index in [-0.39, 0.29) is 11.6 Å². The van der Waals surface area contributed by atoms with E-state index in [2.05, 4.69) is 34.0 Å². The first-order valence-electron chi connectivity index (χ1n) is 6.55. The standard InChI is InChI=1S/C15H15FINOS/c1-19-13-7-9(5-6-11(13)16)18-12-3-2-4-14-10(12)8-15(17)20-14/h5-8,12,18H,2-4H2,1H3. The second kappa shape index (κ2) is 5.89. The van der Waals surface area contributed by atoms with Crippen molar-refractivity contribution in [1.82, 2.24) is 0 Å². The number of halogens is 2. The molecule has 1 aliphatic carbocycles. The van der Waals surface area contributed by atoms with E-state index in [1.165, 1.54) is 39.3 Å². The van der Waals surface area contributed by atoms with Gasteiger partial charge in [-0.25, -0.2) is 4.39 Å². The summed E-state index contributed by atoms with van der Waals surface area (Å²) in [4.78, 5) is 1.48. The van der Waals surface area contributed by atoms with Crippen LogP contribution in [0.5, 0.6) is 5.75 Å². The van der Waals surface area contributed by atoms with Crippen LogP contribution in [0.3, 0.4) is 0 Å². The number of benzene rings is 1. The fraction of sp³-hybridized carbons (Fsp3) is 0.333. The summed E-state index contributed by atoms with van der Waals surface area (Å²) in [5.74, 6) is -0.0432. The lowest BCUT2D eigenvalue weighted by molar-refractivity contribution is 0.386. The third kappa shape index (κ3) is 2.79. The van der Waals surface area contributed by atoms with Gasteiger partial charge in [0.15, 0.2) is 11.6 Å². The van der Waals surface area contributed by atoms with Crippen LogP contribution in [-0.4, -0.2) is 7.11 Å². The molecule has 2 aromatic rings. The van der Waals surface area contributed by atoms with E-state index in [0.29, 0.717) is 6.04 Å². The van der Waals surface area contributed by atoms with Crippen LogP contribution >= 0.6 is 33.9 Å². The smallest absolute Gasteiger partial charge is 0.165 e. The Morgan fingerprint density at radius 2 is 2.25 bits per heavy atom. The average molecular weight is 403 g/mol. The molecule has 0 amide bonds. The lowest BCUT2D eigenvalue weighted by Gasteiger charge is -2.24. The van der Waals surface area contributed by atoms with Gasteiger partial charge < -0.3 is 10.1 Å². The summed E-state index contributed by atoms with van der Waals surface area (Å²) < 4.78 is 19.8. The average Bonchev–Trinajstić information content (AvgIpc) is 2.82. The molecule has 0 aliphatic heterocycles. The minimum absolute atomic E-state index is 0.283. The Bertz CT molecular complexity index is 628. The molecule has 0 fully saturated rings. The van der Waals surface area contributed by atoms with E-state index in [1.54, 1.807) is 12.1 Å². The molecule has 5 heteroatoms. The molecule has 3 rings (SSSR count). The van der Waals surface area contributed by atoms with Crippen molar-refractivity contribution in [1.29, 1.82) is 0 Å². The highest BCUT2D eigenvalue weighted by molar-refractivity contribution is 14.1. The van der Waals surface area contributed by atoms with Gasteiger partial charge in [-0.3, -0.25) is 0 Å². The van der Waals surface area contributed by atoms with Crippen molar-refractivity contribution >= 4 is 39.6 Å². The Morgan fingerprint density at radius 1 is 1.40 bits per heavy atom. The lowest BCUT2D eigenvalue weighted by atomic mass is 9.94. The zero-order chi connectivity index (χ0) is 14.1. The number of rotatable bonds is 3. The number of thiophene rings is 1. The van der Waals surface area contributed by atoms with Crippen LogP contribution in [0.1, 0.15) is 29.3 Å². The van der Waals surface area contributed by atoms with Gasteiger partial charge in [-0.15, -0.1) is 11.3 Å². The third-order valence-electron chi connectivity index (χ3n) is 3.58. The zero-order valence-electron chi connectivity index (χ0n) is 11.1. The monoisotopic (exact) mass is 403 g/mol. The van der Waals surface area contributed by atoms with Crippen molar-refractivity contribution in [3.05, 3.63) is 43.4 Å². The van der Waals surface area contributed by atoms with E-state index in [1.807, 2.05) is 11.3 Å². The topological polar surface area (TPSA) is 21.3 Å². The van der Waals surface area contributed by atoms with E-state index < -0.39 is 0 Å². The molecule has 1 unspecified atom stereocenters. The highest BCUT2D eigenvalue weighted by atomic mass is 127. The van der Waals surface area contributed by atoms with Crippen LogP contribution in [0.25, 0.3) is 0 Å². The van der Waals surface area contributed by atoms with Crippen molar-refractivity contribution in [2.75, 3.05) is 12.4 Å². The molecule has 106 valence electrons. The van der Waals surface area contributed by atoms with Gasteiger partial charge in [0.2, 0.25) is 0 Å². The van der Waals surface area contributed by atoms with E-state index >= 15 is 0 Å². The number of hydrogen-bond donors (Lipinski definition) is 1. The second-order valence-corrected chi connectivity index (χ2v) is 7.90. The van der Waals surface area contributed by atoms with Crippen LogP contribution < -0.4 is 10.1 Å². The molecule has 0 spiro atoms. The first-order chi connectivity index (χ1) is 9.67. The maximum Gasteiger partial charge on any atom is 0.165 e. The molecule has 1 heterocycles. The maximum atomic E-state index is 13.4. The molecule has 1 aromatic heterocycles. The molecule has 1 N–H and O–H groups in total. The molecule has 0 radical (unpaired) electrons. The quantitative estimate of drug-likeness (QED) is 0.730. The van der Waals surface area contributed by atoms with Gasteiger partial charge in [-0.2, -0.15) is 0 Å². The van der Waals surface area contributed by atoms with Crippen LogP contribution in [0.4, 0.5) is 10.1 Å². The predicted octanol–water partition coefficient (Wildman–Crippen LogP) is 4.99. The highest BCUT2D eigenvalue weighted by Gasteiger charge is 2.22. The van der Waals surface area contributed by atoms with Gasteiger partial charge in [0.1, 0.15) is 0 Å². The third-order valence-corrected chi connectivity index (χ3v) is 5.55. The summed E-state index contributed by atoms with van der Waals surface area (Å²) in [7, 11) is 1.49. The van der Waals surface area contributed by atoms with Gasteiger partial charge in [0, 0.05) is 16.6 Å². The van der Waals surface area contributed by atoms with E-state index in [0.717, 1.165) is 12.1 Å². The second-order valence-electron chi connectivity index (χ2n) is 4.87. The number of anilines is 1. The molecular weight excluding hydrogens is 388 g/mol. The molecule has 20 heavy (non-hydrogen) atoms. The maximum absolute atomic E-state index is 13.4. The summed E-state index contributed by atoms with van der Waals surface area (Å²) >= 11 is 4.26. The Kier molecular flexibility index (Phi) is 4.16. The lowest BCUT2D eigenvalue weighted by Crippen LogP contribution is -2.15. The van der Waals surface area contributed by atoms with Gasteiger partial charge in [-0.05, 0) is 65.6 Å². The minimum Gasteiger partial charge on any atom is -0.494 e. The summed E-state index contributed by atoms with van der Waals surface area (Å²) in [6.07, 6.45) is 3.48. The minimum atomic E-state index is -0.326. The Morgan fingerprint density at radius 3 is 3.05 bits per heavy atom. The predicted molar refractivity (Wildman–Crippen MR) is 89.3 cm³/mol. The molecule has 1 aliphatic rings. The Labute approximate surface area is 135 Å². The van der Waals surface area contributed by atoms with E-state index in [4.69, 9.17) is 4.74 Å². The normalized spacial score (nSPS) is 17.6. The first-order valence-corrected chi connectivity index (χ1v) is 8.45. The van der Waals surface area contributed by atoms with Gasteiger partial charge in [0.05, 0.1) is 16.0 Å². The van der Waals surface area contributed by atoms with Crippen molar-refractivity contribution in [3.63, 3.8) is 0 Å². The summed E-state index contributed by atoms with van der Waals surface area (Å²) in [5, 5.41) is 3.51. The van der Waals surface area contributed by atoms with Crippen molar-refractivity contribution in [3.8, 4) is 5.75 Å². The Balaban J connectivity index is 1.85. The number of fused-ring (bicyclic) bond motifs is 1. The van der Waals surface area contributed by atoms with Crippen molar-refractivity contribution in [2.24, 2.45) is 0 Å². The zero-order valence-corrected chi connectivity index (χ0v) is 14.1. The molecular formula is C15H15FINOS. The molecule has 0 saturated heterocycles. The van der Waals surface area contributed by atoms with Crippen molar-refractivity contribution in [2.45, 2.75) is 25.3 Å². The van der Waals surface area contributed by atoms with Crippen LogP contribution in [-0.2, 0) is 6.42 Å². The number of ether oxygens (including phenoxy) is 1.